The number of hydrogen-bond donors (Lipinski definition) is 0. The highest BCUT2D eigenvalue weighted by atomic mass is 19.4. The van der Waals surface area contributed by atoms with Crippen LogP contribution in [-0.2, 0) is 10.9 Å². The predicted molar refractivity (Wildman–Crippen MR) is 111 cm³/mol. The van der Waals surface area contributed by atoms with Crippen LogP contribution >= 0.6 is 0 Å². The monoisotopic (exact) mass is 430 g/mol. The van der Waals surface area contributed by atoms with Gasteiger partial charge in [0.15, 0.2) is 5.65 Å². The first-order valence-corrected chi connectivity index (χ1v) is 10.6. The standard InChI is InChI=1S/C23H25F3N4O/c1-15-11-21(29-13-22(14-29)7-9-31-10-8-22)30-20(27-15)12-19(28-30)16(2)17-3-5-18(6-4-17)23(24,25)26/h3-6,11-12,16H,7-10,13-14H2,1-2H3. The molecule has 2 saturated heterocycles. The molecule has 5 nitrogen and oxygen atoms in total. The fourth-order valence-corrected chi connectivity index (χ4v) is 4.71. The summed E-state index contributed by atoms with van der Waals surface area (Å²) in [5, 5.41) is 4.80. The number of rotatable bonds is 3. The summed E-state index contributed by atoms with van der Waals surface area (Å²) in [6, 6.07) is 9.30. The minimum Gasteiger partial charge on any atom is -0.381 e. The van der Waals surface area contributed by atoms with Gasteiger partial charge in [-0.1, -0.05) is 19.1 Å². The Labute approximate surface area is 178 Å². The Morgan fingerprint density at radius 3 is 2.39 bits per heavy atom. The summed E-state index contributed by atoms with van der Waals surface area (Å²) in [6.45, 7) is 7.55. The van der Waals surface area contributed by atoms with Crippen LogP contribution in [0.3, 0.4) is 0 Å². The number of aryl methyl sites for hydroxylation is 1. The van der Waals surface area contributed by atoms with E-state index < -0.39 is 11.7 Å². The van der Waals surface area contributed by atoms with Crippen LogP contribution in [0, 0.1) is 12.3 Å². The Morgan fingerprint density at radius 2 is 1.74 bits per heavy atom. The largest absolute Gasteiger partial charge is 0.416 e. The van der Waals surface area contributed by atoms with E-state index in [0.717, 1.165) is 79.7 Å². The number of halogens is 3. The van der Waals surface area contributed by atoms with Crippen LogP contribution in [0.1, 0.15) is 48.2 Å². The zero-order valence-electron chi connectivity index (χ0n) is 17.6. The molecule has 0 saturated carbocycles. The Balaban J connectivity index is 1.43. The number of anilines is 1. The lowest BCUT2D eigenvalue weighted by Gasteiger charge is -2.53. The molecule has 0 N–H and O–H groups in total. The highest BCUT2D eigenvalue weighted by Crippen LogP contribution is 2.42. The van der Waals surface area contributed by atoms with E-state index in [9.17, 15) is 13.2 Å². The number of nitrogens with zero attached hydrogens (tertiary/aromatic N) is 4. The van der Waals surface area contributed by atoms with Gasteiger partial charge in [-0.25, -0.2) is 4.98 Å². The third kappa shape index (κ3) is 3.67. The zero-order valence-corrected chi connectivity index (χ0v) is 17.6. The highest BCUT2D eigenvalue weighted by molar-refractivity contribution is 5.54. The second-order valence-corrected chi connectivity index (χ2v) is 8.90. The van der Waals surface area contributed by atoms with Gasteiger partial charge >= 0.3 is 6.18 Å². The number of ether oxygens (including phenoxy) is 1. The van der Waals surface area contributed by atoms with Crippen molar-refractivity contribution in [2.45, 2.75) is 38.8 Å². The zero-order chi connectivity index (χ0) is 21.8. The van der Waals surface area contributed by atoms with Gasteiger partial charge in [-0.3, -0.25) is 0 Å². The lowest BCUT2D eigenvalue weighted by Crippen LogP contribution is -2.59. The van der Waals surface area contributed by atoms with Crippen LogP contribution in [0.4, 0.5) is 19.0 Å². The van der Waals surface area contributed by atoms with E-state index in [1.165, 1.54) is 12.1 Å². The Bertz CT molecular complexity index is 1090. The molecule has 1 spiro atoms. The smallest absolute Gasteiger partial charge is 0.381 e. The number of hydrogen-bond acceptors (Lipinski definition) is 4. The maximum atomic E-state index is 12.9. The minimum atomic E-state index is -4.33. The maximum Gasteiger partial charge on any atom is 0.416 e. The molecule has 0 amide bonds. The SMILES string of the molecule is Cc1cc(N2CC3(CCOCC3)C2)n2nc(C(C)c3ccc(C(F)(F)F)cc3)cc2n1. The van der Waals surface area contributed by atoms with Crippen LogP contribution in [-0.4, -0.2) is 40.9 Å². The summed E-state index contributed by atoms with van der Waals surface area (Å²) in [6.07, 6.45) is -2.15. The Morgan fingerprint density at radius 1 is 1.06 bits per heavy atom. The van der Waals surface area contributed by atoms with Crippen molar-refractivity contribution >= 4 is 11.5 Å². The third-order valence-corrected chi connectivity index (χ3v) is 6.67. The topological polar surface area (TPSA) is 42.7 Å². The fourth-order valence-electron chi connectivity index (χ4n) is 4.71. The van der Waals surface area contributed by atoms with Crippen molar-refractivity contribution in [3.8, 4) is 0 Å². The van der Waals surface area contributed by atoms with E-state index in [1.807, 2.05) is 24.4 Å². The number of aromatic nitrogens is 3. The summed E-state index contributed by atoms with van der Waals surface area (Å²) >= 11 is 0. The van der Waals surface area contributed by atoms with E-state index >= 15 is 0 Å². The number of fused-ring (bicyclic) bond motifs is 1. The van der Waals surface area contributed by atoms with Gasteiger partial charge in [0, 0.05) is 55.5 Å². The average Bonchev–Trinajstić information content (AvgIpc) is 3.15. The van der Waals surface area contributed by atoms with Crippen molar-refractivity contribution in [3.63, 3.8) is 0 Å². The summed E-state index contributed by atoms with van der Waals surface area (Å²) < 4.78 is 46.0. The van der Waals surface area contributed by atoms with Crippen molar-refractivity contribution < 1.29 is 17.9 Å². The molecule has 1 unspecified atom stereocenters. The molecular weight excluding hydrogens is 405 g/mol. The first kappa shape index (κ1) is 20.3. The summed E-state index contributed by atoms with van der Waals surface area (Å²) in [7, 11) is 0. The van der Waals surface area contributed by atoms with Gasteiger partial charge in [-0.2, -0.15) is 22.8 Å². The average molecular weight is 430 g/mol. The van der Waals surface area contributed by atoms with Gasteiger partial charge in [0.1, 0.15) is 5.82 Å². The van der Waals surface area contributed by atoms with Crippen molar-refractivity contribution in [2.24, 2.45) is 5.41 Å². The molecular formula is C23H25F3N4O. The molecule has 31 heavy (non-hydrogen) atoms. The van der Waals surface area contributed by atoms with Gasteiger partial charge in [0.05, 0.1) is 11.3 Å². The van der Waals surface area contributed by atoms with Crippen LogP contribution in [0.15, 0.2) is 36.4 Å². The first-order chi connectivity index (χ1) is 14.7. The molecule has 0 bridgehead atoms. The molecule has 164 valence electrons. The van der Waals surface area contributed by atoms with Crippen LogP contribution < -0.4 is 4.90 Å². The Hall–Kier alpha value is -2.61. The van der Waals surface area contributed by atoms with Gasteiger partial charge in [0.2, 0.25) is 0 Å². The van der Waals surface area contributed by atoms with E-state index in [1.54, 1.807) is 0 Å². The molecule has 2 aliphatic heterocycles. The van der Waals surface area contributed by atoms with Crippen molar-refractivity contribution in [3.05, 3.63) is 58.9 Å². The first-order valence-electron chi connectivity index (χ1n) is 10.6. The van der Waals surface area contributed by atoms with E-state index in [0.29, 0.717) is 5.41 Å². The molecule has 5 rings (SSSR count). The molecule has 3 aromatic rings. The summed E-state index contributed by atoms with van der Waals surface area (Å²) in [5.74, 6) is 0.876. The third-order valence-electron chi connectivity index (χ3n) is 6.67. The van der Waals surface area contributed by atoms with E-state index in [-0.39, 0.29) is 5.92 Å². The lowest BCUT2D eigenvalue weighted by molar-refractivity contribution is -0.137. The van der Waals surface area contributed by atoms with E-state index in [4.69, 9.17) is 9.84 Å². The van der Waals surface area contributed by atoms with Gasteiger partial charge in [-0.15, -0.1) is 0 Å². The van der Waals surface area contributed by atoms with Crippen LogP contribution in [0.25, 0.3) is 5.65 Å². The quantitative estimate of drug-likeness (QED) is 0.597. The van der Waals surface area contributed by atoms with Crippen LogP contribution in [0.5, 0.6) is 0 Å². The Kier molecular flexibility index (Phi) is 4.73. The summed E-state index contributed by atoms with van der Waals surface area (Å²) in [5.41, 5.74) is 2.96. The molecule has 8 heteroatoms. The number of benzene rings is 1. The minimum absolute atomic E-state index is 0.143. The molecule has 4 heterocycles. The van der Waals surface area contributed by atoms with E-state index in [2.05, 4.69) is 16.0 Å². The van der Waals surface area contributed by atoms with Crippen LogP contribution in [0.2, 0.25) is 0 Å². The lowest BCUT2D eigenvalue weighted by atomic mass is 9.73. The highest BCUT2D eigenvalue weighted by Gasteiger charge is 2.44. The summed E-state index contributed by atoms with van der Waals surface area (Å²) in [4.78, 5) is 6.97. The molecule has 0 radical (unpaired) electrons. The molecule has 0 aliphatic carbocycles. The van der Waals surface area contributed by atoms with Crippen molar-refractivity contribution in [1.29, 1.82) is 0 Å². The fraction of sp³-hybridized carbons (Fsp3) is 0.478. The predicted octanol–water partition coefficient (Wildman–Crippen LogP) is 4.83. The molecule has 1 atom stereocenters. The second-order valence-electron chi connectivity index (χ2n) is 8.90. The van der Waals surface area contributed by atoms with Crippen molar-refractivity contribution in [1.82, 2.24) is 14.6 Å². The van der Waals surface area contributed by atoms with Gasteiger partial charge in [0.25, 0.3) is 0 Å². The molecule has 1 aromatic carbocycles. The normalized spacial score (nSPS) is 19.6. The number of alkyl halides is 3. The molecule has 2 aliphatic rings. The van der Waals surface area contributed by atoms with Crippen molar-refractivity contribution in [2.75, 3.05) is 31.2 Å². The van der Waals surface area contributed by atoms with Gasteiger partial charge < -0.3 is 9.64 Å². The van der Waals surface area contributed by atoms with Gasteiger partial charge in [-0.05, 0) is 37.5 Å². The molecule has 2 fully saturated rings. The molecule has 2 aromatic heterocycles. The second kappa shape index (κ2) is 7.22. The maximum absolute atomic E-state index is 12.9.